The molecule has 0 atom stereocenters. The number of aliphatic hydroxyl groups is 1. The number of likely N-dealkylation sites (tertiary alicyclic amines) is 1. The van der Waals surface area contributed by atoms with Crippen LogP contribution in [0.3, 0.4) is 0 Å². The average molecular weight is 409 g/mol. The highest BCUT2D eigenvalue weighted by Crippen LogP contribution is 2.48. The van der Waals surface area contributed by atoms with Crippen LogP contribution in [0.15, 0.2) is 36.9 Å². The highest BCUT2D eigenvalue weighted by molar-refractivity contribution is 6.03. The van der Waals surface area contributed by atoms with Crippen molar-refractivity contribution in [3.63, 3.8) is 0 Å². The fourth-order valence-electron chi connectivity index (χ4n) is 4.30. The Balaban J connectivity index is 1.63. The fourth-order valence-corrected chi connectivity index (χ4v) is 4.30. The van der Waals surface area contributed by atoms with Gasteiger partial charge >= 0.3 is 0 Å². The third-order valence-corrected chi connectivity index (χ3v) is 6.42. The second-order valence-corrected chi connectivity index (χ2v) is 8.19. The van der Waals surface area contributed by atoms with Gasteiger partial charge in [0.15, 0.2) is 0 Å². The predicted octanol–water partition coefficient (Wildman–Crippen LogP) is 1.60. The Morgan fingerprint density at radius 1 is 1.23 bits per heavy atom. The number of nitrogens with zero attached hydrogens (tertiary/aromatic N) is 3. The second kappa shape index (κ2) is 7.60. The van der Waals surface area contributed by atoms with E-state index in [1.54, 1.807) is 9.58 Å². The Morgan fingerprint density at radius 3 is 2.37 bits per heavy atom. The molecule has 1 saturated heterocycles. The highest BCUT2D eigenvalue weighted by atomic mass is 16.3. The molecule has 2 aromatic rings. The van der Waals surface area contributed by atoms with E-state index in [9.17, 15) is 14.7 Å². The molecule has 2 heterocycles. The maximum absolute atomic E-state index is 12.2. The van der Waals surface area contributed by atoms with Crippen molar-refractivity contribution >= 4 is 17.6 Å². The number of hydrogen-bond acceptors (Lipinski definition) is 5. The van der Waals surface area contributed by atoms with E-state index < -0.39 is 5.91 Å². The molecule has 8 heteroatoms. The van der Waals surface area contributed by atoms with Gasteiger partial charge in [0.25, 0.3) is 5.91 Å². The lowest BCUT2D eigenvalue weighted by Gasteiger charge is -2.31. The van der Waals surface area contributed by atoms with Crippen LogP contribution in [0.25, 0.3) is 11.3 Å². The zero-order valence-corrected chi connectivity index (χ0v) is 16.9. The fraction of sp³-hybridized carbons (Fsp3) is 0.409. The first kappa shape index (κ1) is 20.2. The van der Waals surface area contributed by atoms with E-state index >= 15 is 0 Å². The molecule has 2 fully saturated rings. The first-order valence-electron chi connectivity index (χ1n) is 10.2. The number of carbonyl (C=O) groups excluding carboxylic acids is 2. The van der Waals surface area contributed by atoms with Gasteiger partial charge in [-0.05, 0) is 37.3 Å². The van der Waals surface area contributed by atoms with Gasteiger partial charge in [0.2, 0.25) is 5.91 Å². The summed E-state index contributed by atoms with van der Waals surface area (Å²) in [4.78, 5) is 25.7. The summed E-state index contributed by atoms with van der Waals surface area (Å²) in [6, 6.07) is 7.72. The van der Waals surface area contributed by atoms with Gasteiger partial charge in [-0.25, -0.2) is 4.68 Å². The molecule has 2 aliphatic rings. The first-order chi connectivity index (χ1) is 14.4. The van der Waals surface area contributed by atoms with Gasteiger partial charge in [-0.3, -0.25) is 9.59 Å². The number of carbonyl (C=O) groups is 2. The minimum atomic E-state index is -0.619. The molecule has 1 aliphatic carbocycles. The van der Waals surface area contributed by atoms with Crippen LogP contribution >= 0.6 is 0 Å². The summed E-state index contributed by atoms with van der Waals surface area (Å²) in [5.74, 6) is -0.452. The maximum atomic E-state index is 12.2. The Labute approximate surface area is 175 Å². The van der Waals surface area contributed by atoms with Crippen molar-refractivity contribution < 1.29 is 14.7 Å². The van der Waals surface area contributed by atoms with Crippen LogP contribution in [-0.4, -0.2) is 51.3 Å². The minimum absolute atomic E-state index is 0.0193. The van der Waals surface area contributed by atoms with Crippen molar-refractivity contribution in [3.8, 4) is 11.3 Å². The molecule has 4 rings (SSSR count). The number of nitrogens with two attached hydrogens (primary N) is 2. The summed E-state index contributed by atoms with van der Waals surface area (Å²) in [7, 11) is 0. The maximum Gasteiger partial charge on any atom is 0.254 e. The Morgan fingerprint density at radius 2 is 1.87 bits per heavy atom. The van der Waals surface area contributed by atoms with E-state index in [4.69, 9.17) is 11.5 Å². The third kappa shape index (κ3) is 3.37. The SMILES string of the molecule is C=CC(=O)N1CCC(n2nc(-c3ccc(C4(CO)CC4)cc3)c(C(N)=O)c2N)CC1. The number of anilines is 1. The molecular formula is C22H27N5O3. The van der Waals surface area contributed by atoms with E-state index in [-0.39, 0.29) is 35.4 Å². The molecule has 2 amide bonds. The first-order valence-corrected chi connectivity index (χ1v) is 10.2. The molecule has 30 heavy (non-hydrogen) atoms. The van der Waals surface area contributed by atoms with Crippen LogP contribution in [0.5, 0.6) is 0 Å². The van der Waals surface area contributed by atoms with Crippen LogP contribution in [0.2, 0.25) is 0 Å². The lowest BCUT2D eigenvalue weighted by atomic mass is 9.95. The quantitative estimate of drug-likeness (QED) is 0.625. The van der Waals surface area contributed by atoms with E-state index in [1.165, 1.54) is 6.08 Å². The van der Waals surface area contributed by atoms with E-state index in [0.717, 1.165) is 24.0 Å². The normalized spacial score (nSPS) is 18.2. The molecule has 0 bridgehead atoms. The lowest BCUT2D eigenvalue weighted by Crippen LogP contribution is -2.38. The molecule has 0 radical (unpaired) electrons. The third-order valence-electron chi connectivity index (χ3n) is 6.42. The Kier molecular flexibility index (Phi) is 5.11. The number of primary amides is 1. The number of benzene rings is 1. The van der Waals surface area contributed by atoms with Gasteiger partial charge in [-0.2, -0.15) is 5.10 Å². The number of aliphatic hydroxyl groups excluding tert-OH is 1. The van der Waals surface area contributed by atoms with Crippen LogP contribution in [0.1, 0.15) is 47.6 Å². The second-order valence-electron chi connectivity index (χ2n) is 8.19. The van der Waals surface area contributed by atoms with Crippen LogP contribution in [0, 0.1) is 0 Å². The van der Waals surface area contributed by atoms with Crippen molar-refractivity contribution in [2.45, 2.75) is 37.1 Å². The minimum Gasteiger partial charge on any atom is -0.395 e. The molecule has 1 saturated carbocycles. The van der Waals surface area contributed by atoms with Gasteiger partial charge in [0.1, 0.15) is 17.1 Å². The summed E-state index contributed by atoms with van der Waals surface area (Å²) < 4.78 is 1.68. The van der Waals surface area contributed by atoms with Crippen LogP contribution < -0.4 is 11.5 Å². The molecule has 0 unspecified atom stereocenters. The summed E-state index contributed by atoms with van der Waals surface area (Å²) in [5, 5.41) is 14.3. The lowest BCUT2D eigenvalue weighted by molar-refractivity contribution is -0.127. The smallest absolute Gasteiger partial charge is 0.254 e. The van der Waals surface area contributed by atoms with E-state index in [0.29, 0.717) is 31.6 Å². The molecule has 1 aromatic heterocycles. The van der Waals surface area contributed by atoms with Crippen molar-refractivity contribution in [2.75, 3.05) is 25.4 Å². The van der Waals surface area contributed by atoms with Crippen LogP contribution in [0.4, 0.5) is 5.82 Å². The van der Waals surface area contributed by atoms with E-state index in [1.807, 2.05) is 24.3 Å². The Bertz CT molecular complexity index is 983. The summed E-state index contributed by atoms with van der Waals surface area (Å²) in [5.41, 5.74) is 14.3. The highest BCUT2D eigenvalue weighted by Gasteiger charge is 2.43. The summed E-state index contributed by atoms with van der Waals surface area (Å²) in [6.45, 7) is 4.82. The molecule has 1 aliphatic heterocycles. The molecule has 0 spiro atoms. The number of nitrogen functional groups attached to an aromatic ring is 1. The molecular weight excluding hydrogens is 382 g/mol. The molecule has 1 aromatic carbocycles. The molecule has 158 valence electrons. The van der Waals surface area contributed by atoms with Gasteiger partial charge in [0, 0.05) is 24.1 Å². The standard InChI is InChI=1S/C22H27N5O3/c1-2-17(29)26-11-7-16(8-12-26)27-20(23)18(21(24)30)19(25-27)14-3-5-15(6-4-14)22(13-28)9-10-22/h2-6,16,28H,1,7-13,23H2,(H2,24,30). The van der Waals surface area contributed by atoms with Gasteiger partial charge in [-0.15, -0.1) is 0 Å². The van der Waals surface area contributed by atoms with Crippen molar-refractivity contribution in [3.05, 3.63) is 48.0 Å². The number of hydrogen-bond donors (Lipinski definition) is 3. The van der Waals surface area contributed by atoms with Gasteiger partial charge < -0.3 is 21.5 Å². The number of piperidine rings is 1. The van der Waals surface area contributed by atoms with Crippen molar-refractivity contribution in [2.24, 2.45) is 5.73 Å². The average Bonchev–Trinajstić information content (AvgIpc) is 3.49. The summed E-state index contributed by atoms with van der Waals surface area (Å²) >= 11 is 0. The number of rotatable bonds is 6. The number of aromatic nitrogens is 2. The predicted molar refractivity (Wildman–Crippen MR) is 114 cm³/mol. The largest absolute Gasteiger partial charge is 0.395 e. The van der Waals surface area contributed by atoms with E-state index in [2.05, 4.69) is 11.7 Å². The monoisotopic (exact) mass is 409 g/mol. The summed E-state index contributed by atoms with van der Waals surface area (Å²) in [6.07, 6.45) is 4.63. The van der Waals surface area contributed by atoms with Crippen molar-refractivity contribution in [1.82, 2.24) is 14.7 Å². The molecule has 5 N–H and O–H groups in total. The van der Waals surface area contributed by atoms with Crippen LogP contribution in [-0.2, 0) is 10.2 Å². The Hall–Kier alpha value is -3.13. The van der Waals surface area contributed by atoms with Gasteiger partial charge in [0.05, 0.1) is 12.6 Å². The van der Waals surface area contributed by atoms with Crippen molar-refractivity contribution in [1.29, 1.82) is 0 Å². The van der Waals surface area contributed by atoms with Gasteiger partial charge in [-0.1, -0.05) is 30.8 Å². The molecule has 8 nitrogen and oxygen atoms in total. The number of amides is 2. The zero-order valence-electron chi connectivity index (χ0n) is 16.9. The topological polar surface area (TPSA) is 127 Å². The zero-order chi connectivity index (χ0) is 21.5.